The number of hydrogen-bond acceptors (Lipinski definition) is 2. The zero-order valence-corrected chi connectivity index (χ0v) is 11.2. The van der Waals surface area contributed by atoms with Gasteiger partial charge in [-0.2, -0.15) is 13.2 Å². The molecule has 1 aliphatic rings. The minimum Gasteiger partial charge on any atom is -0.399 e. The van der Waals surface area contributed by atoms with Gasteiger partial charge in [0, 0.05) is 23.8 Å². The van der Waals surface area contributed by atoms with Gasteiger partial charge in [-0.3, -0.25) is 4.79 Å². The van der Waals surface area contributed by atoms with Crippen LogP contribution in [0.5, 0.6) is 0 Å². The highest BCUT2D eigenvalue weighted by molar-refractivity contribution is 5.95. The van der Waals surface area contributed by atoms with Crippen LogP contribution >= 0.6 is 0 Å². The molecule has 2 N–H and O–H groups in total. The summed E-state index contributed by atoms with van der Waals surface area (Å²) in [6.45, 7) is 2.49. The van der Waals surface area contributed by atoms with Gasteiger partial charge in [-0.25, -0.2) is 0 Å². The van der Waals surface area contributed by atoms with Crippen molar-refractivity contribution in [1.29, 1.82) is 0 Å². The van der Waals surface area contributed by atoms with Crippen LogP contribution in [0.1, 0.15) is 42.1 Å². The van der Waals surface area contributed by atoms with Crippen molar-refractivity contribution in [2.24, 2.45) is 0 Å². The zero-order chi connectivity index (χ0) is 14.9. The number of benzene rings is 1. The van der Waals surface area contributed by atoms with Crippen molar-refractivity contribution in [3.8, 4) is 0 Å². The molecule has 1 fully saturated rings. The number of nitrogens with two attached hydrogens (primary N) is 1. The minimum absolute atomic E-state index is 0.00563. The molecule has 1 amide bonds. The number of halogens is 3. The first-order valence-electron chi connectivity index (χ1n) is 6.58. The lowest BCUT2D eigenvalue weighted by Crippen LogP contribution is -2.42. The summed E-state index contributed by atoms with van der Waals surface area (Å²) in [7, 11) is 0. The standard InChI is InChI=1S/C14H17F3N2O/c1-9-4-2-3-5-19(9)13(20)10-6-11(14(15,16)17)8-12(18)7-10/h6-9H,2-5,18H2,1H3. The number of rotatable bonds is 1. The molecule has 1 unspecified atom stereocenters. The Labute approximate surface area is 115 Å². The number of alkyl halides is 3. The SMILES string of the molecule is CC1CCCCN1C(=O)c1cc(N)cc(C(F)(F)F)c1. The van der Waals surface area contributed by atoms with Gasteiger partial charge in [-0.05, 0) is 44.4 Å². The average molecular weight is 286 g/mol. The second-order valence-electron chi connectivity index (χ2n) is 5.18. The van der Waals surface area contributed by atoms with E-state index in [9.17, 15) is 18.0 Å². The summed E-state index contributed by atoms with van der Waals surface area (Å²) in [6, 6.07) is 3.07. The predicted molar refractivity (Wildman–Crippen MR) is 70.2 cm³/mol. The van der Waals surface area contributed by atoms with Gasteiger partial charge in [0.2, 0.25) is 0 Å². The van der Waals surface area contributed by atoms with E-state index < -0.39 is 11.7 Å². The molecule has 0 aliphatic carbocycles. The lowest BCUT2D eigenvalue weighted by atomic mass is 10.0. The van der Waals surface area contributed by atoms with Gasteiger partial charge in [0.1, 0.15) is 0 Å². The monoisotopic (exact) mass is 286 g/mol. The van der Waals surface area contributed by atoms with Crippen LogP contribution in [-0.4, -0.2) is 23.4 Å². The predicted octanol–water partition coefficient (Wildman–Crippen LogP) is 3.30. The van der Waals surface area contributed by atoms with Gasteiger partial charge in [0.25, 0.3) is 5.91 Å². The molecule has 1 atom stereocenters. The Morgan fingerprint density at radius 3 is 2.60 bits per heavy atom. The van der Waals surface area contributed by atoms with Crippen LogP contribution in [0, 0.1) is 0 Å². The summed E-state index contributed by atoms with van der Waals surface area (Å²) in [5, 5.41) is 0. The van der Waals surface area contributed by atoms with E-state index in [1.165, 1.54) is 6.07 Å². The van der Waals surface area contributed by atoms with Crippen molar-refractivity contribution in [2.45, 2.75) is 38.4 Å². The van der Waals surface area contributed by atoms with Crippen LogP contribution in [0.15, 0.2) is 18.2 Å². The van der Waals surface area contributed by atoms with Crippen LogP contribution in [0.25, 0.3) is 0 Å². The van der Waals surface area contributed by atoms with Gasteiger partial charge in [-0.1, -0.05) is 0 Å². The van der Waals surface area contributed by atoms with Gasteiger partial charge < -0.3 is 10.6 Å². The number of carbonyl (C=O) groups is 1. The minimum atomic E-state index is -4.50. The van der Waals surface area contributed by atoms with Gasteiger partial charge >= 0.3 is 6.18 Å². The Balaban J connectivity index is 2.32. The fraction of sp³-hybridized carbons (Fsp3) is 0.500. The molecule has 3 nitrogen and oxygen atoms in total. The number of likely N-dealkylation sites (tertiary alicyclic amines) is 1. The second-order valence-corrected chi connectivity index (χ2v) is 5.18. The molecule has 0 saturated carbocycles. The van der Waals surface area contributed by atoms with Crippen LogP contribution < -0.4 is 5.73 Å². The van der Waals surface area contributed by atoms with Gasteiger partial charge in [-0.15, -0.1) is 0 Å². The molecule has 0 radical (unpaired) electrons. The third-order valence-electron chi connectivity index (χ3n) is 3.59. The van der Waals surface area contributed by atoms with Crippen LogP contribution in [0.2, 0.25) is 0 Å². The largest absolute Gasteiger partial charge is 0.416 e. The quantitative estimate of drug-likeness (QED) is 0.805. The maximum atomic E-state index is 12.7. The zero-order valence-electron chi connectivity index (χ0n) is 11.2. The number of amides is 1. The molecule has 6 heteroatoms. The fourth-order valence-corrected chi connectivity index (χ4v) is 2.50. The summed E-state index contributed by atoms with van der Waals surface area (Å²) in [5.74, 6) is -0.380. The first-order valence-corrected chi connectivity index (χ1v) is 6.58. The second kappa shape index (κ2) is 5.34. The van der Waals surface area contributed by atoms with Crippen molar-refractivity contribution in [2.75, 3.05) is 12.3 Å². The maximum Gasteiger partial charge on any atom is 0.416 e. The Bertz CT molecular complexity index is 514. The van der Waals surface area contributed by atoms with Gasteiger partial charge in [0.15, 0.2) is 0 Å². The van der Waals surface area contributed by atoms with Crippen molar-refractivity contribution >= 4 is 11.6 Å². The molecular weight excluding hydrogens is 269 g/mol. The van der Waals surface area contributed by atoms with Crippen LogP contribution in [-0.2, 0) is 6.18 Å². The van der Waals surface area contributed by atoms with Crippen LogP contribution in [0.3, 0.4) is 0 Å². The fourth-order valence-electron chi connectivity index (χ4n) is 2.50. The highest BCUT2D eigenvalue weighted by Crippen LogP contribution is 2.32. The van der Waals surface area contributed by atoms with Gasteiger partial charge in [0.05, 0.1) is 5.56 Å². The summed E-state index contributed by atoms with van der Waals surface area (Å²) < 4.78 is 38.2. The third-order valence-corrected chi connectivity index (χ3v) is 3.59. The number of anilines is 1. The van der Waals surface area contributed by atoms with E-state index in [1.54, 1.807) is 4.90 Å². The highest BCUT2D eigenvalue weighted by atomic mass is 19.4. The van der Waals surface area contributed by atoms with E-state index in [4.69, 9.17) is 5.73 Å². The average Bonchev–Trinajstić information content (AvgIpc) is 2.37. The Hall–Kier alpha value is -1.72. The molecule has 1 heterocycles. The molecule has 0 aromatic heterocycles. The topological polar surface area (TPSA) is 46.3 Å². The van der Waals surface area contributed by atoms with E-state index in [0.29, 0.717) is 6.54 Å². The third kappa shape index (κ3) is 3.05. The van der Waals surface area contributed by atoms with E-state index >= 15 is 0 Å². The van der Waals surface area contributed by atoms with Crippen molar-refractivity contribution in [3.63, 3.8) is 0 Å². The molecule has 0 bridgehead atoms. The number of carbonyl (C=O) groups excluding carboxylic acids is 1. The van der Waals surface area contributed by atoms with E-state index in [-0.39, 0.29) is 23.2 Å². The number of nitrogens with zero attached hydrogens (tertiary/aromatic N) is 1. The lowest BCUT2D eigenvalue weighted by molar-refractivity contribution is -0.137. The molecule has 0 spiro atoms. The molecule has 20 heavy (non-hydrogen) atoms. The molecule has 1 aromatic rings. The molecule has 1 aromatic carbocycles. The summed E-state index contributed by atoms with van der Waals surface area (Å²) >= 11 is 0. The summed E-state index contributed by atoms with van der Waals surface area (Å²) in [6.07, 6.45) is -1.71. The van der Waals surface area contributed by atoms with E-state index in [1.807, 2.05) is 6.92 Å². The first-order chi connectivity index (χ1) is 9.29. The Morgan fingerprint density at radius 2 is 2.00 bits per heavy atom. The lowest BCUT2D eigenvalue weighted by Gasteiger charge is -2.33. The van der Waals surface area contributed by atoms with Crippen molar-refractivity contribution in [1.82, 2.24) is 4.90 Å². The van der Waals surface area contributed by atoms with Crippen LogP contribution in [0.4, 0.5) is 18.9 Å². The highest BCUT2D eigenvalue weighted by Gasteiger charge is 2.32. The Morgan fingerprint density at radius 1 is 1.30 bits per heavy atom. The maximum absolute atomic E-state index is 12.7. The molecule has 1 saturated heterocycles. The first kappa shape index (κ1) is 14.7. The summed E-state index contributed by atoms with van der Waals surface area (Å²) in [4.78, 5) is 14.0. The number of nitrogen functional groups attached to an aromatic ring is 1. The van der Waals surface area contributed by atoms with E-state index in [0.717, 1.165) is 31.4 Å². The molecule has 2 rings (SSSR count). The molecule has 110 valence electrons. The molecular formula is C14H17F3N2O. The Kier molecular flexibility index (Phi) is 3.92. The molecule has 1 aliphatic heterocycles. The summed E-state index contributed by atoms with van der Waals surface area (Å²) in [5.41, 5.74) is 4.56. The van der Waals surface area contributed by atoms with Crippen molar-refractivity contribution in [3.05, 3.63) is 29.3 Å². The smallest absolute Gasteiger partial charge is 0.399 e. The number of hydrogen-bond donors (Lipinski definition) is 1. The van der Waals surface area contributed by atoms with E-state index in [2.05, 4.69) is 0 Å². The normalized spacial score (nSPS) is 20.0. The van der Waals surface area contributed by atoms with Crippen molar-refractivity contribution < 1.29 is 18.0 Å². The number of piperidine rings is 1.